The molecule has 1 atom stereocenters. The molecule has 8 nitrogen and oxygen atoms in total. The number of hydrogen-bond acceptors (Lipinski definition) is 6. The summed E-state index contributed by atoms with van der Waals surface area (Å²) in [5.74, 6) is -0.276. The molecule has 0 unspecified atom stereocenters. The number of amides is 2. The summed E-state index contributed by atoms with van der Waals surface area (Å²) in [6, 6.07) is 13.0. The number of carbonyl (C=O) groups is 2. The molecule has 0 saturated carbocycles. The molecule has 0 bridgehead atoms. The Morgan fingerprint density at radius 2 is 1.66 bits per heavy atom. The van der Waals surface area contributed by atoms with Gasteiger partial charge in [0.25, 0.3) is 0 Å². The maximum atomic E-state index is 12.3. The van der Waals surface area contributed by atoms with Crippen molar-refractivity contribution in [3.05, 3.63) is 48.0 Å². The average Bonchev–Trinajstić information content (AvgIpc) is 3.16. The molecular formula is C21H26N4O4. The van der Waals surface area contributed by atoms with Gasteiger partial charge in [-0.15, -0.1) is 0 Å². The van der Waals surface area contributed by atoms with Crippen molar-refractivity contribution in [2.24, 2.45) is 0 Å². The van der Waals surface area contributed by atoms with Crippen LogP contribution in [0.3, 0.4) is 0 Å². The number of ether oxygens (including phenoxy) is 2. The summed E-state index contributed by atoms with van der Waals surface area (Å²) in [6.07, 6.45) is 0. The zero-order valence-electron chi connectivity index (χ0n) is 17.1. The van der Waals surface area contributed by atoms with Crippen molar-refractivity contribution in [1.82, 2.24) is 10.2 Å². The summed E-state index contributed by atoms with van der Waals surface area (Å²) in [6.45, 7) is 0.455. The van der Waals surface area contributed by atoms with Crippen LogP contribution in [0.4, 0.5) is 11.4 Å². The zero-order chi connectivity index (χ0) is 21.0. The molecule has 2 aromatic rings. The molecule has 1 heterocycles. The lowest BCUT2D eigenvalue weighted by molar-refractivity contribution is -0.136. The Labute approximate surface area is 170 Å². The molecule has 8 heteroatoms. The van der Waals surface area contributed by atoms with Crippen molar-refractivity contribution in [2.75, 3.05) is 51.7 Å². The molecule has 0 saturated heterocycles. The molecule has 1 aliphatic rings. The minimum Gasteiger partial charge on any atom is -0.454 e. The standard InChI is InChI=1S/C21H26N4O4/c1-24(2)16-8-5-14(6-9-16)17(25(3)4)12-22-20(26)21(27)23-15-7-10-18-19(11-15)29-13-28-18/h5-11,17H,12-13H2,1-4H3,(H,22,26)(H,23,27)/t17-/m0/s1. The van der Waals surface area contributed by atoms with Gasteiger partial charge in [-0.25, -0.2) is 0 Å². The first kappa shape index (κ1) is 20.5. The van der Waals surface area contributed by atoms with Crippen molar-refractivity contribution in [3.8, 4) is 11.5 Å². The van der Waals surface area contributed by atoms with Crippen LogP contribution >= 0.6 is 0 Å². The first-order valence-electron chi connectivity index (χ1n) is 9.27. The molecule has 2 amide bonds. The van der Waals surface area contributed by atoms with E-state index in [0.717, 1.165) is 11.3 Å². The summed E-state index contributed by atoms with van der Waals surface area (Å²) in [5.41, 5.74) is 2.62. The smallest absolute Gasteiger partial charge is 0.313 e. The monoisotopic (exact) mass is 398 g/mol. The summed E-state index contributed by atoms with van der Waals surface area (Å²) >= 11 is 0. The van der Waals surface area contributed by atoms with E-state index in [1.54, 1.807) is 18.2 Å². The highest BCUT2D eigenvalue weighted by Crippen LogP contribution is 2.34. The Kier molecular flexibility index (Phi) is 6.23. The highest BCUT2D eigenvalue weighted by Gasteiger charge is 2.20. The van der Waals surface area contributed by atoms with Gasteiger partial charge >= 0.3 is 11.8 Å². The van der Waals surface area contributed by atoms with Gasteiger partial charge in [-0.05, 0) is 43.9 Å². The number of carbonyl (C=O) groups excluding carboxylic acids is 2. The van der Waals surface area contributed by atoms with Gasteiger partial charge in [0, 0.05) is 38.1 Å². The number of hydrogen-bond donors (Lipinski definition) is 2. The van der Waals surface area contributed by atoms with Crippen molar-refractivity contribution in [2.45, 2.75) is 6.04 Å². The van der Waals surface area contributed by atoms with Gasteiger partial charge in [0.15, 0.2) is 11.5 Å². The molecule has 3 rings (SSSR count). The Morgan fingerprint density at radius 1 is 0.966 bits per heavy atom. The van der Waals surface area contributed by atoms with Gasteiger partial charge in [0.1, 0.15) is 0 Å². The number of nitrogens with one attached hydrogen (secondary N) is 2. The predicted octanol–water partition coefficient (Wildman–Crippen LogP) is 1.84. The quantitative estimate of drug-likeness (QED) is 0.723. The lowest BCUT2D eigenvalue weighted by atomic mass is 10.1. The molecule has 0 radical (unpaired) electrons. The van der Waals surface area contributed by atoms with E-state index in [-0.39, 0.29) is 12.8 Å². The number of nitrogens with zero attached hydrogens (tertiary/aromatic N) is 2. The maximum Gasteiger partial charge on any atom is 0.313 e. The third-order valence-corrected chi connectivity index (χ3v) is 4.71. The molecule has 29 heavy (non-hydrogen) atoms. The van der Waals surface area contributed by atoms with Crippen LogP contribution in [0.15, 0.2) is 42.5 Å². The molecule has 0 aliphatic carbocycles. The van der Waals surface area contributed by atoms with Crippen molar-refractivity contribution >= 4 is 23.2 Å². The fourth-order valence-corrected chi connectivity index (χ4v) is 3.02. The van der Waals surface area contributed by atoms with Gasteiger partial charge in [-0.1, -0.05) is 12.1 Å². The van der Waals surface area contributed by atoms with Gasteiger partial charge in [-0.2, -0.15) is 0 Å². The number of fused-ring (bicyclic) bond motifs is 1. The fraction of sp³-hybridized carbons (Fsp3) is 0.333. The van der Waals surface area contributed by atoms with Gasteiger partial charge in [0.2, 0.25) is 6.79 Å². The van der Waals surface area contributed by atoms with Crippen LogP contribution in [-0.2, 0) is 9.59 Å². The van der Waals surface area contributed by atoms with Crippen LogP contribution in [0, 0.1) is 0 Å². The molecule has 0 fully saturated rings. The topological polar surface area (TPSA) is 83.1 Å². The highest BCUT2D eigenvalue weighted by molar-refractivity contribution is 6.39. The van der Waals surface area contributed by atoms with E-state index in [4.69, 9.17) is 9.47 Å². The lowest BCUT2D eigenvalue weighted by Gasteiger charge is -2.25. The van der Waals surface area contributed by atoms with Crippen LogP contribution in [0.1, 0.15) is 11.6 Å². The van der Waals surface area contributed by atoms with E-state index < -0.39 is 11.8 Å². The number of likely N-dealkylation sites (N-methyl/N-ethyl adjacent to an activating group) is 1. The van der Waals surface area contributed by atoms with E-state index in [1.807, 2.05) is 62.3 Å². The molecule has 0 aromatic heterocycles. The van der Waals surface area contributed by atoms with Gasteiger partial charge < -0.3 is 29.9 Å². The van der Waals surface area contributed by atoms with Crippen molar-refractivity contribution in [3.63, 3.8) is 0 Å². The molecule has 1 aliphatic heterocycles. The molecular weight excluding hydrogens is 372 g/mol. The van der Waals surface area contributed by atoms with Crippen LogP contribution in [0.5, 0.6) is 11.5 Å². The molecule has 154 valence electrons. The van der Waals surface area contributed by atoms with E-state index >= 15 is 0 Å². The molecule has 0 spiro atoms. The number of rotatable bonds is 6. The van der Waals surface area contributed by atoms with E-state index in [9.17, 15) is 9.59 Å². The van der Waals surface area contributed by atoms with E-state index in [2.05, 4.69) is 10.6 Å². The molecule has 2 aromatic carbocycles. The average molecular weight is 398 g/mol. The van der Waals surface area contributed by atoms with Gasteiger partial charge in [-0.3, -0.25) is 9.59 Å². The Hall–Kier alpha value is -3.26. The van der Waals surface area contributed by atoms with Crippen LogP contribution < -0.4 is 25.0 Å². The van der Waals surface area contributed by atoms with Gasteiger partial charge in [0.05, 0.1) is 6.04 Å². The summed E-state index contributed by atoms with van der Waals surface area (Å²) < 4.78 is 10.5. The Bertz CT molecular complexity index is 881. The highest BCUT2D eigenvalue weighted by atomic mass is 16.7. The Morgan fingerprint density at radius 3 is 2.31 bits per heavy atom. The Balaban J connectivity index is 1.59. The normalized spacial score (nSPS) is 13.1. The third-order valence-electron chi connectivity index (χ3n) is 4.71. The van der Waals surface area contributed by atoms with E-state index in [0.29, 0.717) is 23.7 Å². The maximum absolute atomic E-state index is 12.3. The largest absolute Gasteiger partial charge is 0.454 e. The van der Waals surface area contributed by atoms with Crippen LogP contribution in [0.2, 0.25) is 0 Å². The first-order chi connectivity index (χ1) is 13.8. The van der Waals surface area contributed by atoms with Crippen molar-refractivity contribution in [1.29, 1.82) is 0 Å². The first-order valence-corrected chi connectivity index (χ1v) is 9.27. The summed E-state index contributed by atoms with van der Waals surface area (Å²) in [4.78, 5) is 28.5. The minimum absolute atomic E-state index is 0.0616. The number of benzene rings is 2. The minimum atomic E-state index is -0.732. The van der Waals surface area contributed by atoms with Crippen LogP contribution in [-0.4, -0.2) is 58.2 Å². The van der Waals surface area contributed by atoms with Crippen molar-refractivity contribution < 1.29 is 19.1 Å². The third kappa shape index (κ3) is 4.97. The zero-order valence-corrected chi connectivity index (χ0v) is 17.1. The fourth-order valence-electron chi connectivity index (χ4n) is 3.02. The molecule has 2 N–H and O–H groups in total. The number of anilines is 2. The second-order valence-electron chi connectivity index (χ2n) is 7.20. The van der Waals surface area contributed by atoms with Crippen LogP contribution in [0.25, 0.3) is 0 Å². The second-order valence-corrected chi connectivity index (χ2v) is 7.20. The summed E-state index contributed by atoms with van der Waals surface area (Å²) in [7, 11) is 7.83. The SMILES string of the molecule is CN(C)c1ccc([C@H](CNC(=O)C(=O)Nc2ccc3c(c2)OCO3)N(C)C)cc1. The second kappa shape index (κ2) is 8.83. The lowest BCUT2D eigenvalue weighted by Crippen LogP contribution is -2.40. The predicted molar refractivity (Wildman–Crippen MR) is 111 cm³/mol. The summed E-state index contributed by atoms with van der Waals surface area (Å²) in [5, 5.41) is 5.29. The van der Waals surface area contributed by atoms with E-state index in [1.165, 1.54) is 0 Å².